The Morgan fingerprint density at radius 2 is 1.79 bits per heavy atom. The Morgan fingerprint density at radius 3 is 2.37 bits per heavy atom. The Kier molecular flexibility index (Phi) is 6.53. The van der Waals surface area contributed by atoms with E-state index < -0.39 is 10.2 Å². The Balaban J connectivity index is 0.00000180. The number of halogens is 1. The molecule has 2 heterocycles. The highest BCUT2D eigenvalue weighted by Gasteiger charge is 2.31. The summed E-state index contributed by atoms with van der Waals surface area (Å²) in [7, 11) is -3.28. The summed E-state index contributed by atoms with van der Waals surface area (Å²) in [5.74, 6) is 1.01. The summed E-state index contributed by atoms with van der Waals surface area (Å²) >= 11 is 0. The van der Waals surface area contributed by atoms with Crippen LogP contribution in [0.25, 0.3) is 0 Å². The highest BCUT2D eigenvalue weighted by molar-refractivity contribution is 7.87. The van der Waals surface area contributed by atoms with E-state index in [0.29, 0.717) is 24.9 Å². The van der Waals surface area contributed by atoms with E-state index in [1.165, 1.54) is 0 Å². The van der Waals surface area contributed by atoms with Crippen LogP contribution in [0, 0.1) is 11.8 Å². The van der Waals surface area contributed by atoms with Crippen LogP contribution in [-0.2, 0) is 10.2 Å². The van der Waals surface area contributed by atoms with Gasteiger partial charge in [0, 0.05) is 19.1 Å². The highest BCUT2D eigenvalue weighted by Crippen LogP contribution is 2.19. The zero-order valence-electron chi connectivity index (χ0n) is 11.8. The van der Waals surface area contributed by atoms with E-state index in [9.17, 15) is 8.42 Å². The Hall–Kier alpha value is 0.120. The van der Waals surface area contributed by atoms with E-state index in [2.05, 4.69) is 23.9 Å². The Morgan fingerprint density at radius 1 is 1.16 bits per heavy atom. The van der Waals surface area contributed by atoms with Crippen molar-refractivity contribution in [1.82, 2.24) is 14.3 Å². The Labute approximate surface area is 123 Å². The van der Waals surface area contributed by atoms with Crippen LogP contribution >= 0.6 is 12.4 Å². The van der Waals surface area contributed by atoms with Crippen molar-refractivity contribution in [2.24, 2.45) is 11.8 Å². The second kappa shape index (κ2) is 7.22. The van der Waals surface area contributed by atoms with Gasteiger partial charge in [0.2, 0.25) is 0 Å². The molecule has 0 bridgehead atoms. The topological polar surface area (TPSA) is 61.4 Å². The third kappa shape index (κ3) is 4.56. The molecule has 2 fully saturated rings. The minimum Gasteiger partial charge on any atom is -0.316 e. The maximum absolute atomic E-state index is 12.3. The minimum absolute atomic E-state index is 0. The fourth-order valence-electron chi connectivity index (χ4n) is 2.68. The van der Waals surface area contributed by atoms with Crippen molar-refractivity contribution >= 4 is 22.6 Å². The molecule has 2 aliphatic rings. The van der Waals surface area contributed by atoms with Gasteiger partial charge in [0.25, 0.3) is 10.2 Å². The lowest BCUT2D eigenvalue weighted by molar-refractivity contribution is 0.273. The second-order valence-electron chi connectivity index (χ2n) is 5.78. The predicted molar refractivity (Wildman–Crippen MR) is 79.7 cm³/mol. The molecular weight excluding hydrogens is 286 g/mol. The summed E-state index contributed by atoms with van der Waals surface area (Å²) in [5, 5.41) is 3.29. The molecule has 0 spiro atoms. The van der Waals surface area contributed by atoms with Gasteiger partial charge in [-0.2, -0.15) is 17.4 Å². The monoisotopic (exact) mass is 311 g/mol. The lowest BCUT2D eigenvalue weighted by Gasteiger charge is -2.34. The first-order valence-electron chi connectivity index (χ1n) is 6.97. The van der Waals surface area contributed by atoms with Crippen LogP contribution in [0.15, 0.2) is 0 Å². The third-order valence-corrected chi connectivity index (χ3v) is 5.81. The number of rotatable bonds is 3. The molecule has 0 amide bonds. The SMILES string of the molecule is CC1CCN(S(=O)(=O)NC2CCNCC2C)CC1.Cl. The van der Waals surface area contributed by atoms with E-state index in [4.69, 9.17) is 0 Å². The summed E-state index contributed by atoms with van der Waals surface area (Å²) < 4.78 is 29.1. The third-order valence-electron chi connectivity index (χ3n) is 4.17. The molecule has 0 aromatic rings. The van der Waals surface area contributed by atoms with Gasteiger partial charge < -0.3 is 5.32 Å². The molecule has 2 saturated heterocycles. The van der Waals surface area contributed by atoms with Crippen LogP contribution in [0.4, 0.5) is 0 Å². The molecule has 0 saturated carbocycles. The number of hydrogen-bond donors (Lipinski definition) is 2. The molecule has 0 aromatic carbocycles. The van der Waals surface area contributed by atoms with E-state index in [0.717, 1.165) is 32.4 Å². The van der Waals surface area contributed by atoms with Crippen molar-refractivity contribution in [3.63, 3.8) is 0 Å². The van der Waals surface area contributed by atoms with Crippen molar-refractivity contribution in [2.75, 3.05) is 26.2 Å². The number of nitrogens with one attached hydrogen (secondary N) is 2. The molecule has 2 unspecified atom stereocenters. The number of hydrogen-bond acceptors (Lipinski definition) is 3. The first-order valence-corrected chi connectivity index (χ1v) is 8.41. The molecule has 0 aromatic heterocycles. The van der Waals surface area contributed by atoms with Gasteiger partial charge in [-0.25, -0.2) is 0 Å². The van der Waals surface area contributed by atoms with Gasteiger partial charge in [-0.05, 0) is 44.2 Å². The second-order valence-corrected chi connectivity index (χ2v) is 7.48. The molecule has 2 aliphatic heterocycles. The van der Waals surface area contributed by atoms with Gasteiger partial charge in [-0.3, -0.25) is 0 Å². The van der Waals surface area contributed by atoms with Gasteiger partial charge in [0.15, 0.2) is 0 Å². The lowest BCUT2D eigenvalue weighted by Crippen LogP contribution is -2.53. The van der Waals surface area contributed by atoms with E-state index in [1.54, 1.807) is 4.31 Å². The largest absolute Gasteiger partial charge is 0.316 e. The number of piperidine rings is 2. The highest BCUT2D eigenvalue weighted by atomic mass is 35.5. The van der Waals surface area contributed by atoms with Crippen LogP contribution < -0.4 is 10.0 Å². The molecule has 7 heteroatoms. The van der Waals surface area contributed by atoms with E-state index >= 15 is 0 Å². The van der Waals surface area contributed by atoms with Crippen molar-refractivity contribution in [3.8, 4) is 0 Å². The molecule has 19 heavy (non-hydrogen) atoms. The molecule has 2 rings (SSSR count). The summed E-state index contributed by atoms with van der Waals surface area (Å²) in [4.78, 5) is 0. The van der Waals surface area contributed by atoms with Gasteiger partial charge in [-0.15, -0.1) is 12.4 Å². The van der Waals surface area contributed by atoms with Crippen molar-refractivity contribution in [3.05, 3.63) is 0 Å². The van der Waals surface area contributed by atoms with E-state index in [1.807, 2.05) is 0 Å². The fraction of sp³-hybridized carbons (Fsp3) is 1.00. The average Bonchev–Trinajstić information content (AvgIpc) is 2.32. The maximum Gasteiger partial charge on any atom is 0.279 e. The summed E-state index contributed by atoms with van der Waals surface area (Å²) in [5.41, 5.74) is 0. The number of nitrogens with zero attached hydrogens (tertiary/aromatic N) is 1. The zero-order chi connectivity index (χ0) is 13.2. The maximum atomic E-state index is 12.3. The van der Waals surface area contributed by atoms with Crippen LogP contribution in [0.1, 0.15) is 33.1 Å². The van der Waals surface area contributed by atoms with E-state index in [-0.39, 0.29) is 18.4 Å². The molecule has 2 N–H and O–H groups in total. The standard InChI is InChI=1S/C12H25N3O2S.ClH/c1-10-4-7-15(8-5-10)18(16,17)14-12-3-6-13-9-11(12)2;/h10-14H,3-9H2,1-2H3;1H. The fourth-order valence-corrected chi connectivity index (χ4v) is 4.25. The van der Waals surface area contributed by atoms with Crippen LogP contribution in [0.3, 0.4) is 0 Å². The first-order chi connectivity index (χ1) is 8.49. The smallest absolute Gasteiger partial charge is 0.279 e. The molecule has 114 valence electrons. The molecular formula is C12H26ClN3O2S. The lowest BCUT2D eigenvalue weighted by atomic mass is 9.97. The van der Waals surface area contributed by atoms with Crippen LogP contribution in [0.5, 0.6) is 0 Å². The van der Waals surface area contributed by atoms with Gasteiger partial charge >= 0.3 is 0 Å². The molecule has 2 atom stereocenters. The summed E-state index contributed by atoms with van der Waals surface area (Å²) in [6.45, 7) is 7.40. The van der Waals surface area contributed by atoms with Crippen molar-refractivity contribution < 1.29 is 8.42 Å². The zero-order valence-corrected chi connectivity index (χ0v) is 13.4. The van der Waals surface area contributed by atoms with Crippen LogP contribution in [0.2, 0.25) is 0 Å². The predicted octanol–water partition coefficient (Wildman–Crippen LogP) is 0.972. The summed E-state index contributed by atoms with van der Waals surface area (Å²) in [6.07, 6.45) is 2.83. The van der Waals surface area contributed by atoms with Gasteiger partial charge in [-0.1, -0.05) is 13.8 Å². The van der Waals surface area contributed by atoms with Crippen molar-refractivity contribution in [2.45, 2.75) is 39.2 Å². The summed E-state index contributed by atoms with van der Waals surface area (Å²) in [6, 6.07) is 0.0793. The normalized spacial score (nSPS) is 30.8. The van der Waals surface area contributed by atoms with Gasteiger partial charge in [0.05, 0.1) is 0 Å². The van der Waals surface area contributed by atoms with Crippen LogP contribution in [-0.4, -0.2) is 44.9 Å². The Bertz CT molecular complexity index is 369. The van der Waals surface area contributed by atoms with Gasteiger partial charge in [0.1, 0.15) is 0 Å². The molecule has 0 aliphatic carbocycles. The van der Waals surface area contributed by atoms with Crippen molar-refractivity contribution in [1.29, 1.82) is 0 Å². The first kappa shape index (κ1) is 17.2. The minimum atomic E-state index is -3.28. The average molecular weight is 312 g/mol. The molecule has 5 nitrogen and oxygen atoms in total. The molecule has 0 radical (unpaired) electrons. The quantitative estimate of drug-likeness (QED) is 0.816.